The number of rotatable bonds is 15. The lowest BCUT2D eigenvalue weighted by Gasteiger charge is -2.32. The van der Waals surface area contributed by atoms with Crippen molar-refractivity contribution in [1.29, 1.82) is 0 Å². The number of carboxylic acids is 2. The highest BCUT2D eigenvalue weighted by Crippen LogP contribution is 2.38. The van der Waals surface area contributed by atoms with Crippen LogP contribution in [0.25, 0.3) is 0 Å². The van der Waals surface area contributed by atoms with Crippen LogP contribution in [0.4, 0.5) is 15.3 Å². The molecule has 5 rings (SSSR count). The third-order valence-electron chi connectivity index (χ3n) is 8.85. The monoisotopic (exact) mass is 734 g/mol. The second-order valence-electron chi connectivity index (χ2n) is 12.6. The van der Waals surface area contributed by atoms with Gasteiger partial charge in [-0.05, 0) is 41.3 Å². The number of carboxylic acid groups (broad SMARTS) is 2. The average Bonchev–Trinajstić information content (AvgIpc) is 3.33. The summed E-state index contributed by atoms with van der Waals surface area (Å²) in [6, 6.07) is 27.7. The van der Waals surface area contributed by atoms with Gasteiger partial charge in [0.1, 0.15) is 18.1 Å². The van der Waals surface area contributed by atoms with Gasteiger partial charge in [-0.3, -0.25) is 24.1 Å². The summed E-state index contributed by atoms with van der Waals surface area (Å²) in [7, 11) is 0. The highest BCUT2D eigenvalue weighted by Gasteiger charge is 2.55. The standard InChI is InChI=1S/C39H38N6O9/c1-39(28-19-17-25(18-20-28)22-40-37(53)41-29-15-9-4-10-16-29)36(52)44(38(54)45(39)23-26-11-5-2-6-12-26)24-31(46)42-30(21-32(47)48)34(49)43-33(35(50)51)27-13-7-3-8-14-27/h2-20,30,33H,21-24H2,1H3,(H,42,46)(H,43,49)(H,47,48)(H,50,51)(H2,40,41,53)/t30-,33-,39?/m0/s1. The van der Waals surface area contributed by atoms with Crippen molar-refractivity contribution in [2.75, 3.05) is 11.9 Å². The molecule has 0 aliphatic carbocycles. The summed E-state index contributed by atoms with van der Waals surface area (Å²) in [5.41, 5.74) is 1.05. The predicted molar refractivity (Wildman–Crippen MR) is 194 cm³/mol. The molecule has 1 aliphatic rings. The first-order valence-corrected chi connectivity index (χ1v) is 16.8. The summed E-state index contributed by atoms with van der Waals surface area (Å²) in [6.07, 6.45) is -0.909. The Hall–Kier alpha value is -7.03. The highest BCUT2D eigenvalue weighted by atomic mass is 16.4. The third kappa shape index (κ3) is 9.06. The Labute approximate surface area is 310 Å². The van der Waals surface area contributed by atoms with E-state index in [0.29, 0.717) is 22.4 Å². The predicted octanol–water partition coefficient (Wildman–Crippen LogP) is 3.59. The van der Waals surface area contributed by atoms with Crippen molar-refractivity contribution in [3.63, 3.8) is 0 Å². The number of hydrogen-bond acceptors (Lipinski definition) is 7. The van der Waals surface area contributed by atoms with E-state index in [0.717, 1.165) is 4.90 Å². The van der Waals surface area contributed by atoms with Crippen molar-refractivity contribution in [3.8, 4) is 0 Å². The van der Waals surface area contributed by atoms with Crippen molar-refractivity contribution in [2.45, 2.75) is 44.1 Å². The quantitative estimate of drug-likeness (QED) is 0.0984. The van der Waals surface area contributed by atoms with Gasteiger partial charge in [-0.1, -0.05) is 103 Å². The van der Waals surface area contributed by atoms with Crippen LogP contribution in [0.5, 0.6) is 0 Å². The summed E-state index contributed by atoms with van der Waals surface area (Å²) in [5.74, 6) is -5.75. The van der Waals surface area contributed by atoms with E-state index in [9.17, 15) is 43.8 Å². The minimum absolute atomic E-state index is 0.0108. The number of benzene rings is 4. The first-order chi connectivity index (χ1) is 25.9. The zero-order chi connectivity index (χ0) is 38.8. The summed E-state index contributed by atoms with van der Waals surface area (Å²) in [6.45, 7) is 0.835. The molecule has 54 heavy (non-hydrogen) atoms. The average molecular weight is 735 g/mol. The molecule has 15 heteroatoms. The van der Waals surface area contributed by atoms with Gasteiger partial charge < -0.3 is 36.4 Å². The fourth-order valence-electron chi connectivity index (χ4n) is 5.98. The first-order valence-electron chi connectivity index (χ1n) is 16.8. The minimum Gasteiger partial charge on any atom is -0.481 e. The fraction of sp³-hybridized carbons (Fsp3) is 0.205. The van der Waals surface area contributed by atoms with Gasteiger partial charge in [-0.2, -0.15) is 0 Å². The highest BCUT2D eigenvalue weighted by molar-refractivity contribution is 6.09. The lowest BCUT2D eigenvalue weighted by Crippen LogP contribution is -2.52. The molecule has 0 radical (unpaired) electrons. The fourth-order valence-corrected chi connectivity index (χ4v) is 5.98. The van der Waals surface area contributed by atoms with E-state index in [4.69, 9.17) is 0 Å². The normalized spacial score (nSPS) is 16.2. The number of carbonyl (C=O) groups excluding carboxylic acids is 5. The number of anilines is 1. The van der Waals surface area contributed by atoms with Gasteiger partial charge in [0.25, 0.3) is 5.91 Å². The van der Waals surface area contributed by atoms with Crippen molar-refractivity contribution in [3.05, 3.63) is 138 Å². The van der Waals surface area contributed by atoms with Gasteiger partial charge >= 0.3 is 24.0 Å². The van der Waals surface area contributed by atoms with Crippen LogP contribution in [0, 0.1) is 0 Å². The van der Waals surface area contributed by atoms with E-state index in [2.05, 4.69) is 21.3 Å². The third-order valence-corrected chi connectivity index (χ3v) is 8.85. The number of carbonyl (C=O) groups is 7. The molecule has 4 aromatic rings. The number of para-hydroxylation sites is 1. The van der Waals surface area contributed by atoms with Gasteiger partial charge in [-0.25, -0.2) is 14.4 Å². The molecule has 0 spiro atoms. The maximum absolute atomic E-state index is 14.2. The van der Waals surface area contributed by atoms with Crippen LogP contribution < -0.4 is 21.3 Å². The molecule has 7 amide bonds. The Morgan fingerprint density at radius 1 is 0.741 bits per heavy atom. The van der Waals surface area contributed by atoms with E-state index < -0.39 is 72.3 Å². The molecule has 1 fully saturated rings. The first kappa shape index (κ1) is 38.2. The Kier molecular flexibility index (Phi) is 12.0. The van der Waals surface area contributed by atoms with E-state index in [1.165, 1.54) is 17.0 Å². The largest absolute Gasteiger partial charge is 0.481 e. The van der Waals surface area contributed by atoms with Crippen LogP contribution in [0.2, 0.25) is 0 Å². The summed E-state index contributed by atoms with van der Waals surface area (Å²) in [4.78, 5) is 92.8. The molecule has 1 aliphatic heterocycles. The van der Waals surface area contributed by atoms with Crippen molar-refractivity contribution >= 4 is 47.4 Å². The molecular weight excluding hydrogens is 696 g/mol. The van der Waals surface area contributed by atoms with E-state index in [1.807, 2.05) is 6.07 Å². The number of imide groups is 1. The number of nitrogens with zero attached hydrogens (tertiary/aromatic N) is 2. The van der Waals surface area contributed by atoms with Gasteiger partial charge in [-0.15, -0.1) is 0 Å². The summed E-state index contributed by atoms with van der Waals surface area (Å²) >= 11 is 0. The second kappa shape index (κ2) is 17.0. The summed E-state index contributed by atoms with van der Waals surface area (Å²) < 4.78 is 0. The smallest absolute Gasteiger partial charge is 0.330 e. The van der Waals surface area contributed by atoms with Crippen LogP contribution in [0.3, 0.4) is 0 Å². The number of amides is 7. The number of aliphatic carboxylic acids is 2. The van der Waals surface area contributed by atoms with Crippen LogP contribution in [0.1, 0.15) is 41.6 Å². The molecule has 0 saturated carbocycles. The maximum Gasteiger partial charge on any atom is 0.330 e. The SMILES string of the molecule is CC1(c2ccc(CNC(=O)Nc3ccccc3)cc2)C(=O)N(CC(=O)N[C@@H](CC(=O)O)C(=O)N[C@H](C(=O)O)c2ccccc2)C(=O)N1Cc1ccccc1. The number of nitrogens with one attached hydrogen (secondary N) is 4. The van der Waals surface area contributed by atoms with Crippen LogP contribution in [-0.4, -0.2) is 74.3 Å². The van der Waals surface area contributed by atoms with Crippen molar-refractivity contribution in [2.24, 2.45) is 0 Å². The Morgan fingerprint density at radius 3 is 1.93 bits per heavy atom. The molecule has 0 bridgehead atoms. The zero-order valence-corrected chi connectivity index (χ0v) is 29.1. The molecule has 6 N–H and O–H groups in total. The lowest BCUT2D eigenvalue weighted by atomic mass is 9.89. The van der Waals surface area contributed by atoms with Crippen molar-refractivity contribution < 1.29 is 43.8 Å². The molecule has 1 saturated heterocycles. The van der Waals surface area contributed by atoms with Crippen LogP contribution >= 0.6 is 0 Å². The van der Waals surface area contributed by atoms with Gasteiger partial charge in [0.2, 0.25) is 11.8 Å². The molecule has 4 aromatic carbocycles. The molecule has 1 unspecified atom stereocenters. The van der Waals surface area contributed by atoms with Crippen LogP contribution in [-0.2, 0) is 42.6 Å². The Balaban J connectivity index is 1.33. The van der Waals surface area contributed by atoms with Gasteiger partial charge in [0.15, 0.2) is 6.04 Å². The van der Waals surface area contributed by atoms with Gasteiger partial charge in [0, 0.05) is 18.8 Å². The topological polar surface area (TPSA) is 215 Å². The number of hydrogen-bond donors (Lipinski definition) is 6. The Morgan fingerprint density at radius 2 is 1.33 bits per heavy atom. The molecule has 3 atom stereocenters. The number of urea groups is 2. The van der Waals surface area contributed by atoms with Crippen LogP contribution in [0.15, 0.2) is 115 Å². The molecular formula is C39H38N6O9. The molecule has 1 heterocycles. The molecule has 0 aromatic heterocycles. The maximum atomic E-state index is 14.2. The minimum atomic E-state index is -1.74. The Bertz CT molecular complexity index is 2010. The zero-order valence-electron chi connectivity index (χ0n) is 29.1. The second-order valence-corrected chi connectivity index (χ2v) is 12.6. The molecule has 278 valence electrons. The van der Waals surface area contributed by atoms with E-state index >= 15 is 0 Å². The summed E-state index contributed by atoms with van der Waals surface area (Å²) in [5, 5.41) is 29.2. The van der Waals surface area contributed by atoms with Gasteiger partial charge in [0.05, 0.1) is 6.42 Å². The molecule has 15 nitrogen and oxygen atoms in total. The van der Waals surface area contributed by atoms with E-state index in [-0.39, 0.29) is 18.7 Å². The van der Waals surface area contributed by atoms with Crippen molar-refractivity contribution in [1.82, 2.24) is 25.8 Å². The van der Waals surface area contributed by atoms with E-state index in [1.54, 1.807) is 104 Å². The lowest BCUT2D eigenvalue weighted by molar-refractivity contribution is -0.144.